The Bertz CT molecular complexity index is 883. The quantitative estimate of drug-likeness (QED) is 0.902. The number of hydrogen-bond acceptors (Lipinski definition) is 4. The molecule has 1 N–H and O–H groups in total. The molecule has 2 aliphatic heterocycles. The fraction of sp³-hybridized carbons (Fsp3) is 0.300. The highest BCUT2D eigenvalue weighted by Gasteiger charge is 2.31. The Morgan fingerprint density at radius 1 is 1.07 bits per heavy atom. The van der Waals surface area contributed by atoms with Gasteiger partial charge in [-0.3, -0.25) is 9.69 Å². The highest BCUT2D eigenvalue weighted by atomic mass is 16.6. The predicted octanol–water partition coefficient (Wildman–Crippen LogP) is 2.65. The summed E-state index contributed by atoms with van der Waals surface area (Å²) in [5.41, 5.74) is 2.54. The SMILES string of the molecule is Cc1cccc(NC(=O)CN2CCN(c3ccc4c(c3)OCCO4)C2=O)c1. The number of carbonyl (C=O) groups is 2. The minimum atomic E-state index is -0.210. The van der Waals surface area contributed by atoms with E-state index in [0.29, 0.717) is 37.8 Å². The normalized spacial score (nSPS) is 15.8. The third-order valence-corrected chi connectivity index (χ3v) is 4.57. The number of ether oxygens (including phenoxy) is 2. The first-order valence-electron chi connectivity index (χ1n) is 8.93. The molecule has 7 heteroatoms. The van der Waals surface area contributed by atoms with Crippen molar-refractivity contribution >= 4 is 23.3 Å². The number of carbonyl (C=O) groups excluding carboxylic acids is 2. The lowest BCUT2D eigenvalue weighted by atomic mass is 10.2. The number of amides is 3. The Labute approximate surface area is 157 Å². The topological polar surface area (TPSA) is 71.1 Å². The van der Waals surface area contributed by atoms with Crippen LogP contribution >= 0.6 is 0 Å². The first kappa shape index (κ1) is 17.2. The van der Waals surface area contributed by atoms with Gasteiger partial charge in [-0.25, -0.2) is 4.79 Å². The maximum absolute atomic E-state index is 12.7. The second kappa shape index (κ2) is 7.19. The van der Waals surface area contributed by atoms with Crippen molar-refractivity contribution in [1.82, 2.24) is 4.90 Å². The zero-order valence-electron chi connectivity index (χ0n) is 15.1. The summed E-state index contributed by atoms with van der Waals surface area (Å²) in [6, 6.07) is 12.8. The van der Waals surface area contributed by atoms with Crippen molar-refractivity contribution in [2.45, 2.75) is 6.92 Å². The number of urea groups is 1. The molecule has 27 heavy (non-hydrogen) atoms. The lowest BCUT2D eigenvalue weighted by Crippen LogP contribution is -2.37. The lowest BCUT2D eigenvalue weighted by Gasteiger charge is -2.22. The molecule has 0 atom stereocenters. The van der Waals surface area contributed by atoms with Crippen LogP contribution in [0.4, 0.5) is 16.2 Å². The van der Waals surface area contributed by atoms with Crippen molar-refractivity contribution < 1.29 is 19.1 Å². The average Bonchev–Trinajstić information content (AvgIpc) is 3.01. The van der Waals surface area contributed by atoms with Gasteiger partial charge in [0.2, 0.25) is 5.91 Å². The molecule has 2 aromatic carbocycles. The van der Waals surface area contributed by atoms with E-state index in [2.05, 4.69) is 5.32 Å². The van der Waals surface area contributed by atoms with Crippen LogP contribution in [0.3, 0.4) is 0 Å². The Morgan fingerprint density at radius 3 is 2.70 bits per heavy atom. The highest BCUT2D eigenvalue weighted by molar-refractivity contribution is 5.99. The summed E-state index contributed by atoms with van der Waals surface area (Å²) in [5, 5.41) is 2.84. The Hall–Kier alpha value is -3.22. The standard InChI is InChI=1S/C20H21N3O4/c1-14-3-2-4-15(11-14)21-19(24)13-22-7-8-23(20(22)25)16-5-6-17-18(12-16)27-10-9-26-17/h2-6,11-12H,7-10,13H2,1H3,(H,21,24). The minimum absolute atomic E-state index is 0.0217. The minimum Gasteiger partial charge on any atom is -0.486 e. The van der Waals surface area contributed by atoms with Gasteiger partial charge in [-0.15, -0.1) is 0 Å². The van der Waals surface area contributed by atoms with Crippen molar-refractivity contribution in [2.24, 2.45) is 0 Å². The Kier molecular flexibility index (Phi) is 4.58. The highest BCUT2D eigenvalue weighted by Crippen LogP contribution is 2.34. The summed E-state index contributed by atoms with van der Waals surface area (Å²) >= 11 is 0. The van der Waals surface area contributed by atoms with Gasteiger partial charge in [-0.05, 0) is 36.8 Å². The van der Waals surface area contributed by atoms with E-state index in [1.807, 2.05) is 49.4 Å². The smallest absolute Gasteiger partial charge is 0.325 e. The van der Waals surface area contributed by atoms with Crippen molar-refractivity contribution in [1.29, 1.82) is 0 Å². The van der Waals surface area contributed by atoms with E-state index < -0.39 is 0 Å². The molecule has 0 saturated carbocycles. The predicted molar refractivity (Wildman–Crippen MR) is 102 cm³/mol. The van der Waals surface area contributed by atoms with Gasteiger partial charge in [0.15, 0.2) is 11.5 Å². The van der Waals surface area contributed by atoms with Gasteiger partial charge in [0.05, 0.1) is 0 Å². The van der Waals surface area contributed by atoms with Gasteiger partial charge in [-0.2, -0.15) is 0 Å². The number of anilines is 2. The molecule has 4 rings (SSSR count). The molecular formula is C20H21N3O4. The van der Waals surface area contributed by atoms with Crippen LogP contribution in [-0.2, 0) is 4.79 Å². The molecule has 0 aromatic heterocycles. The maximum atomic E-state index is 12.7. The summed E-state index contributed by atoms with van der Waals surface area (Å²) in [7, 11) is 0. The van der Waals surface area contributed by atoms with Crippen LogP contribution < -0.4 is 19.7 Å². The maximum Gasteiger partial charge on any atom is 0.325 e. The van der Waals surface area contributed by atoms with E-state index in [0.717, 1.165) is 16.9 Å². The largest absolute Gasteiger partial charge is 0.486 e. The van der Waals surface area contributed by atoms with Crippen LogP contribution in [0.2, 0.25) is 0 Å². The molecule has 1 saturated heterocycles. The second-order valence-electron chi connectivity index (χ2n) is 6.60. The molecule has 7 nitrogen and oxygen atoms in total. The summed E-state index contributed by atoms with van der Waals surface area (Å²) < 4.78 is 11.1. The molecule has 0 unspecified atom stereocenters. The number of aryl methyl sites for hydroxylation is 1. The summed E-state index contributed by atoms with van der Waals surface area (Å²) in [4.78, 5) is 28.2. The molecule has 0 radical (unpaired) electrons. The van der Waals surface area contributed by atoms with Crippen LogP contribution in [0.25, 0.3) is 0 Å². The van der Waals surface area contributed by atoms with Crippen LogP contribution in [0, 0.1) is 6.92 Å². The van der Waals surface area contributed by atoms with Crippen molar-refractivity contribution in [3.05, 3.63) is 48.0 Å². The van der Waals surface area contributed by atoms with Crippen LogP contribution in [-0.4, -0.2) is 49.7 Å². The summed E-state index contributed by atoms with van der Waals surface area (Å²) in [5.74, 6) is 1.12. The van der Waals surface area contributed by atoms with Gasteiger partial charge in [0.1, 0.15) is 19.8 Å². The zero-order chi connectivity index (χ0) is 18.8. The lowest BCUT2D eigenvalue weighted by molar-refractivity contribution is -0.116. The van der Waals surface area contributed by atoms with E-state index in [-0.39, 0.29) is 18.5 Å². The Balaban J connectivity index is 1.40. The molecule has 140 valence electrons. The van der Waals surface area contributed by atoms with Gasteiger partial charge in [0, 0.05) is 30.5 Å². The van der Waals surface area contributed by atoms with E-state index in [4.69, 9.17) is 9.47 Å². The molecule has 1 fully saturated rings. The van der Waals surface area contributed by atoms with E-state index in [1.165, 1.54) is 0 Å². The van der Waals surface area contributed by atoms with Crippen LogP contribution in [0.5, 0.6) is 11.5 Å². The van der Waals surface area contributed by atoms with Crippen molar-refractivity contribution in [2.75, 3.05) is 43.1 Å². The average molecular weight is 367 g/mol. The van der Waals surface area contributed by atoms with Gasteiger partial charge < -0.3 is 19.7 Å². The molecule has 3 amide bonds. The third kappa shape index (κ3) is 3.67. The third-order valence-electron chi connectivity index (χ3n) is 4.57. The van der Waals surface area contributed by atoms with Crippen LogP contribution in [0.1, 0.15) is 5.56 Å². The fourth-order valence-electron chi connectivity index (χ4n) is 3.27. The number of benzene rings is 2. The first-order chi connectivity index (χ1) is 13.1. The number of fused-ring (bicyclic) bond motifs is 1. The molecule has 2 heterocycles. The molecule has 0 spiro atoms. The van der Waals surface area contributed by atoms with Crippen molar-refractivity contribution in [3.63, 3.8) is 0 Å². The fourth-order valence-corrected chi connectivity index (χ4v) is 3.27. The summed E-state index contributed by atoms with van der Waals surface area (Å²) in [6.07, 6.45) is 0. The van der Waals surface area contributed by atoms with Crippen LogP contribution in [0.15, 0.2) is 42.5 Å². The number of nitrogens with zero attached hydrogens (tertiary/aromatic N) is 2. The molecule has 2 aliphatic rings. The number of nitrogens with one attached hydrogen (secondary N) is 1. The van der Waals surface area contributed by atoms with Gasteiger partial charge >= 0.3 is 6.03 Å². The molecule has 2 aromatic rings. The second-order valence-corrected chi connectivity index (χ2v) is 6.60. The van der Waals surface area contributed by atoms with E-state index >= 15 is 0 Å². The molecular weight excluding hydrogens is 346 g/mol. The summed E-state index contributed by atoms with van der Waals surface area (Å²) in [6.45, 7) is 4.03. The van der Waals surface area contributed by atoms with Gasteiger partial charge in [-0.1, -0.05) is 12.1 Å². The van der Waals surface area contributed by atoms with Gasteiger partial charge in [0.25, 0.3) is 0 Å². The number of hydrogen-bond donors (Lipinski definition) is 1. The van der Waals surface area contributed by atoms with E-state index in [1.54, 1.807) is 9.80 Å². The van der Waals surface area contributed by atoms with Crippen molar-refractivity contribution in [3.8, 4) is 11.5 Å². The monoisotopic (exact) mass is 367 g/mol. The Morgan fingerprint density at radius 2 is 1.89 bits per heavy atom. The number of rotatable bonds is 4. The first-order valence-corrected chi connectivity index (χ1v) is 8.93. The zero-order valence-corrected chi connectivity index (χ0v) is 15.1. The molecule has 0 aliphatic carbocycles. The van der Waals surface area contributed by atoms with E-state index in [9.17, 15) is 9.59 Å². The molecule has 0 bridgehead atoms.